The molecule has 0 spiro atoms. The van der Waals surface area contributed by atoms with Crippen molar-refractivity contribution < 1.29 is 46.7 Å². The molecule has 0 atom stereocenters. The minimum atomic E-state index is -4.53. The van der Waals surface area contributed by atoms with Crippen LogP contribution in [0.1, 0.15) is 71.1 Å². The van der Waals surface area contributed by atoms with Crippen molar-refractivity contribution >= 4 is 10.4 Å². The van der Waals surface area contributed by atoms with Crippen molar-refractivity contribution in [1.29, 1.82) is 0 Å². The summed E-state index contributed by atoms with van der Waals surface area (Å²) < 4.78 is 34.5. The Hall–Kier alpha value is 0.830. The summed E-state index contributed by atoms with van der Waals surface area (Å²) in [6, 6.07) is 0. The van der Waals surface area contributed by atoms with Gasteiger partial charge in [-0.3, -0.25) is 4.18 Å². The molecule has 7 heteroatoms. The molecule has 122 valence electrons. The molecule has 0 fully saturated rings. The summed E-state index contributed by atoms with van der Waals surface area (Å²) in [6.45, 7) is 3.40. The summed E-state index contributed by atoms with van der Waals surface area (Å²) in [5.41, 5.74) is 0. The zero-order chi connectivity index (χ0) is 15.1. The molecule has 0 aromatic heterocycles. The van der Waals surface area contributed by atoms with Gasteiger partial charge in [0.2, 0.25) is 10.4 Å². The molecule has 0 unspecified atom stereocenters. The van der Waals surface area contributed by atoms with Crippen LogP contribution in [-0.2, 0) is 14.6 Å². The molecule has 0 bridgehead atoms. The number of nitrogens with one attached hydrogen (secondary N) is 1. The fourth-order valence-electron chi connectivity index (χ4n) is 2.08. The zero-order valence-electron chi connectivity index (χ0n) is 13.7. The van der Waals surface area contributed by atoms with Crippen molar-refractivity contribution in [3.63, 3.8) is 0 Å². The summed E-state index contributed by atoms with van der Waals surface area (Å²) in [6.07, 6.45) is 13.0. The first-order chi connectivity index (χ1) is 9.56. The third-order valence-electron chi connectivity index (χ3n) is 3.21. The van der Waals surface area contributed by atoms with E-state index in [1.165, 1.54) is 57.8 Å². The van der Waals surface area contributed by atoms with Gasteiger partial charge in [-0.15, -0.1) is 0 Å². The maximum atomic E-state index is 10.1. The topological polar surface area (TPSA) is 78.5 Å². The Balaban J connectivity index is 0. The van der Waals surface area contributed by atoms with Gasteiger partial charge >= 0.3 is 29.6 Å². The van der Waals surface area contributed by atoms with Crippen LogP contribution in [0.15, 0.2) is 0 Å². The Kier molecular flexibility index (Phi) is 19.7. The van der Waals surface area contributed by atoms with E-state index in [4.69, 9.17) is 0 Å². The number of hydrogen-bond acceptors (Lipinski definition) is 5. The quantitative estimate of drug-likeness (QED) is 0.197. The normalized spacial score (nSPS) is 11.3. The average molecular weight is 331 g/mol. The van der Waals surface area contributed by atoms with E-state index in [9.17, 15) is 13.0 Å². The van der Waals surface area contributed by atoms with Gasteiger partial charge in [-0.25, -0.2) is 8.42 Å². The summed E-state index contributed by atoms with van der Waals surface area (Å²) in [5, 5.41) is 3.05. The molecular weight excluding hydrogens is 301 g/mol. The first kappa shape index (κ1) is 24.1. The van der Waals surface area contributed by atoms with E-state index in [0.717, 1.165) is 13.0 Å². The van der Waals surface area contributed by atoms with Crippen LogP contribution in [0.3, 0.4) is 0 Å². The van der Waals surface area contributed by atoms with E-state index in [1.807, 2.05) is 0 Å². The van der Waals surface area contributed by atoms with E-state index in [0.29, 0.717) is 6.54 Å². The Labute approximate surface area is 152 Å². The maximum Gasteiger partial charge on any atom is 1.00 e. The van der Waals surface area contributed by atoms with Crippen LogP contribution in [-0.4, -0.2) is 32.7 Å². The van der Waals surface area contributed by atoms with Crippen LogP contribution in [0.5, 0.6) is 0 Å². The molecule has 1 N–H and O–H groups in total. The van der Waals surface area contributed by atoms with Crippen LogP contribution in [0.4, 0.5) is 0 Å². The molecule has 0 aliphatic heterocycles. The molecule has 0 heterocycles. The molecule has 0 saturated heterocycles. The molecule has 0 radical (unpaired) electrons. The monoisotopic (exact) mass is 331 g/mol. The van der Waals surface area contributed by atoms with Gasteiger partial charge in [0, 0.05) is 6.54 Å². The molecule has 0 aromatic rings. The minimum absolute atomic E-state index is 0. The largest absolute Gasteiger partial charge is 1.00 e. The fraction of sp³-hybridized carbons (Fsp3) is 1.00. The van der Waals surface area contributed by atoms with Gasteiger partial charge in [-0.2, -0.15) is 0 Å². The minimum Gasteiger partial charge on any atom is -0.726 e. The maximum absolute atomic E-state index is 10.1. The summed E-state index contributed by atoms with van der Waals surface area (Å²) in [5.74, 6) is 0. The van der Waals surface area contributed by atoms with E-state index in [2.05, 4.69) is 16.4 Å². The number of hydrogen-bond donors (Lipinski definition) is 1. The van der Waals surface area contributed by atoms with Crippen LogP contribution in [0, 0.1) is 0 Å². The van der Waals surface area contributed by atoms with Crippen LogP contribution < -0.4 is 34.9 Å². The smallest absolute Gasteiger partial charge is 0.726 e. The first-order valence-corrected chi connectivity index (χ1v) is 9.20. The average Bonchev–Trinajstić information content (AvgIpc) is 2.38. The Morgan fingerprint density at radius 2 is 1.33 bits per heavy atom. The molecular formula is C14H30NNaO4S. The van der Waals surface area contributed by atoms with Crippen molar-refractivity contribution in [2.24, 2.45) is 0 Å². The molecule has 0 aromatic carbocycles. The van der Waals surface area contributed by atoms with Gasteiger partial charge in [-0.1, -0.05) is 64.7 Å². The van der Waals surface area contributed by atoms with Crippen molar-refractivity contribution in [1.82, 2.24) is 5.32 Å². The Bertz CT molecular complexity index is 299. The summed E-state index contributed by atoms with van der Waals surface area (Å²) in [4.78, 5) is 0. The second-order valence-corrected chi connectivity index (χ2v) is 6.21. The Morgan fingerprint density at radius 1 is 0.857 bits per heavy atom. The van der Waals surface area contributed by atoms with Crippen molar-refractivity contribution in [2.75, 3.05) is 19.7 Å². The van der Waals surface area contributed by atoms with Gasteiger partial charge in [-0.05, 0) is 13.0 Å². The molecule has 21 heavy (non-hydrogen) atoms. The van der Waals surface area contributed by atoms with Crippen molar-refractivity contribution in [3.8, 4) is 0 Å². The molecule has 0 rings (SSSR count). The standard InChI is InChI=1S/C14H31NO4S.Na/c1-2-3-4-5-6-7-8-9-10-11-12-15-13-14-19-20(16,17)18;/h15H,2-14H2,1H3,(H,16,17,18);/q;+1/p-1. The number of unbranched alkanes of at least 4 members (excludes halogenated alkanes) is 9. The molecule has 5 nitrogen and oxygen atoms in total. The van der Waals surface area contributed by atoms with Crippen LogP contribution in [0.25, 0.3) is 0 Å². The van der Waals surface area contributed by atoms with E-state index < -0.39 is 10.4 Å². The molecule has 0 aliphatic rings. The SMILES string of the molecule is CCCCCCCCCCCCNCCOS(=O)(=O)[O-].[Na+]. The zero-order valence-corrected chi connectivity index (χ0v) is 16.6. The molecule has 0 amide bonds. The van der Waals surface area contributed by atoms with Gasteiger partial charge in [0.1, 0.15) is 0 Å². The molecule has 0 aliphatic carbocycles. The first-order valence-electron chi connectivity index (χ1n) is 7.87. The predicted molar refractivity (Wildman–Crippen MR) is 80.4 cm³/mol. The van der Waals surface area contributed by atoms with Crippen LogP contribution in [0.2, 0.25) is 0 Å². The third-order valence-corrected chi connectivity index (χ3v) is 3.67. The third kappa shape index (κ3) is 23.2. The predicted octanol–water partition coefficient (Wildman–Crippen LogP) is -0.0223. The van der Waals surface area contributed by atoms with Gasteiger partial charge in [0.15, 0.2) is 0 Å². The van der Waals surface area contributed by atoms with Crippen molar-refractivity contribution in [2.45, 2.75) is 71.1 Å². The van der Waals surface area contributed by atoms with Crippen LogP contribution >= 0.6 is 0 Å². The summed E-state index contributed by atoms with van der Waals surface area (Å²) >= 11 is 0. The van der Waals surface area contributed by atoms with E-state index in [1.54, 1.807) is 0 Å². The van der Waals surface area contributed by atoms with Gasteiger partial charge in [0.05, 0.1) is 6.61 Å². The van der Waals surface area contributed by atoms with E-state index >= 15 is 0 Å². The van der Waals surface area contributed by atoms with Gasteiger partial charge < -0.3 is 9.87 Å². The Morgan fingerprint density at radius 3 is 1.81 bits per heavy atom. The van der Waals surface area contributed by atoms with E-state index in [-0.39, 0.29) is 36.2 Å². The molecule has 0 saturated carbocycles. The summed E-state index contributed by atoms with van der Waals surface area (Å²) in [7, 11) is -4.53. The van der Waals surface area contributed by atoms with Gasteiger partial charge in [0.25, 0.3) is 0 Å². The second-order valence-electron chi connectivity index (χ2n) is 5.16. The number of rotatable bonds is 15. The second kappa shape index (κ2) is 17.2. The fourth-order valence-corrected chi connectivity index (χ4v) is 2.37. The van der Waals surface area contributed by atoms with Crippen molar-refractivity contribution in [3.05, 3.63) is 0 Å².